The minimum absolute atomic E-state index is 0.0997. The van der Waals surface area contributed by atoms with E-state index >= 15 is 0 Å². The molecule has 2 aromatic heterocycles. The Bertz CT molecular complexity index is 1550. The average Bonchev–Trinajstić information content (AvgIpc) is 2.96. The molecular formula is C32H31F3N4O4. The van der Waals surface area contributed by atoms with Gasteiger partial charge in [0.25, 0.3) is 5.91 Å². The number of anilines is 1. The standard InChI is InChI=1S/C32H31F3N4O4/c1-31(2,3)43-30(41)37-13-14-42-20-21-15-25(24-9-10-28(38-19-24)32(33,34)35)17-26(16-21)39-29(40)27-18-23(11-12-36-27)22-7-5-4-6-8-22/h4-12,15-19H,13-14,20H2,1-3H3,(H,37,41)(H,39,40). The molecule has 8 nitrogen and oxygen atoms in total. The Balaban J connectivity index is 1.52. The summed E-state index contributed by atoms with van der Waals surface area (Å²) < 4.78 is 50.1. The van der Waals surface area contributed by atoms with Crippen molar-refractivity contribution in [1.29, 1.82) is 0 Å². The van der Waals surface area contributed by atoms with Crippen LogP contribution in [0.15, 0.2) is 85.2 Å². The molecule has 0 fully saturated rings. The second-order valence-electron chi connectivity index (χ2n) is 10.6. The average molecular weight is 593 g/mol. The molecule has 0 aliphatic heterocycles. The first kappa shape index (κ1) is 31.2. The summed E-state index contributed by atoms with van der Waals surface area (Å²) >= 11 is 0. The molecule has 0 unspecified atom stereocenters. The van der Waals surface area contributed by atoms with E-state index in [9.17, 15) is 22.8 Å². The third kappa shape index (κ3) is 9.37. The number of carbonyl (C=O) groups excluding carboxylic acids is 2. The molecular weight excluding hydrogens is 561 g/mol. The third-order valence-electron chi connectivity index (χ3n) is 5.92. The van der Waals surface area contributed by atoms with Crippen LogP contribution in [0, 0.1) is 0 Å². The zero-order valence-electron chi connectivity index (χ0n) is 23.9. The number of nitrogens with zero attached hydrogens (tertiary/aromatic N) is 2. The number of amides is 2. The third-order valence-corrected chi connectivity index (χ3v) is 5.92. The molecule has 2 heterocycles. The lowest BCUT2D eigenvalue weighted by Gasteiger charge is -2.19. The van der Waals surface area contributed by atoms with Crippen LogP contribution in [-0.4, -0.2) is 40.7 Å². The van der Waals surface area contributed by atoms with Crippen molar-refractivity contribution in [2.24, 2.45) is 0 Å². The molecule has 0 saturated heterocycles. The smallest absolute Gasteiger partial charge is 0.433 e. The van der Waals surface area contributed by atoms with Gasteiger partial charge in [0.2, 0.25) is 0 Å². The highest BCUT2D eigenvalue weighted by Crippen LogP contribution is 2.30. The number of nitrogens with one attached hydrogen (secondary N) is 2. The molecule has 0 saturated carbocycles. The van der Waals surface area contributed by atoms with Crippen LogP contribution in [0.4, 0.5) is 23.7 Å². The van der Waals surface area contributed by atoms with Crippen molar-refractivity contribution in [1.82, 2.24) is 15.3 Å². The van der Waals surface area contributed by atoms with Crippen LogP contribution in [0.25, 0.3) is 22.3 Å². The highest BCUT2D eigenvalue weighted by Gasteiger charge is 2.32. The van der Waals surface area contributed by atoms with Gasteiger partial charge < -0.3 is 20.1 Å². The topological polar surface area (TPSA) is 102 Å². The Kier molecular flexibility index (Phi) is 9.77. The molecule has 0 radical (unpaired) electrons. The van der Waals surface area contributed by atoms with Crippen LogP contribution < -0.4 is 10.6 Å². The molecule has 4 rings (SSSR count). The van der Waals surface area contributed by atoms with Crippen LogP contribution in [0.5, 0.6) is 0 Å². The molecule has 0 atom stereocenters. The number of hydrogen-bond donors (Lipinski definition) is 2. The van der Waals surface area contributed by atoms with Crippen LogP contribution in [-0.2, 0) is 22.3 Å². The lowest BCUT2D eigenvalue weighted by Crippen LogP contribution is -2.34. The maximum absolute atomic E-state index is 13.2. The molecule has 4 aromatic rings. The van der Waals surface area contributed by atoms with Crippen LogP contribution >= 0.6 is 0 Å². The first-order valence-electron chi connectivity index (χ1n) is 13.4. The van der Waals surface area contributed by atoms with Gasteiger partial charge in [-0.25, -0.2) is 4.79 Å². The van der Waals surface area contributed by atoms with E-state index in [4.69, 9.17) is 9.47 Å². The predicted octanol–water partition coefficient (Wildman–Crippen LogP) is 7.12. The van der Waals surface area contributed by atoms with E-state index in [1.165, 1.54) is 6.07 Å². The summed E-state index contributed by atoms with van der Waals surface area (Å²) in [5.74, 6) is -0.464. The predicted molar refractivity (Wildman–Crippen MR) is 156 cm³/mol. The second-order valence-corrected chi connectivity index (χ2v) is 10.6. The number of carbonyl (C=O) groups is 2. The Labute approximate surface area is 247 Å². The highest BCUT2D eigenvalue weighted by atomic mass is 19.4. The summed E-state index contributed by atoms with van der Waals surface area (Å²) in [6.07, 6.45) is -2.46. The highest BCUT2D eigenvalue weighted by molar-refractivity contribution is 6.03. The summed E-state index contributed by atoms with van der Waals surface area (Å²) in [6.45, 7) is 5.74. The molecule has 2 N–H and O–H groups in total. The number of pyridine rings is 2. The van der Waals surface area contributed by atoms with Gasteiger partial charge in [-0.15, -0.1) is 0 Å². The van der Waals surface area contributed by atoms with Crippen molar-refractivity contribution in [2.75, 3.05) is 18.5 Å². The number of benzene rings is 2. The quantitative estimate of drug-likeness (QED) is 0.201. The zero-order chi connectivity index (χ0) is 31.0. The SMILES string of the molecule is CC(C)(C)OC(=O)NCCOCc1cc(NC(=O)c2cc(-c3ccccc3)ccn2)cc(-c2ccc(C(F)(F)F)nc2)c1. The van der Waals surface area contributed by atoms with Crippen LogP contribution in [0.1, 0.15) is 42.5 Å². The van der Waals surface area contributed by atoms with Crippen LogP contribution in [0.2, 0.25) is 0 Å². The molecule has 0 bridgehead atoms. The van der Waals surface area contributed by atoms with Gasteiger partial charge in [-0.1, -0.05) is 36.4 Å². The van der Waals surface area contributed by atoms with E-state index in [1.807, 2.05) is 30.3 Å². The van der Waals surface area contributed by atoms with E-state index in [0.717, 1.165) is 23.4 Å². The number of rotatable bonds is 9. The van der Waals surface area contributed by atoms with Crippen molar-refractivity contribution in [2.45, 2.75) is 39.2 Å². The monoisotopic (exact) mass is 592 g/mol. The minimum Gasteiger partial charge on any atom is -0.444 e. The number of hydrogen-bond acceptors (Lipinski definition) is 6. The summed E-state index contributed by atoms with van der Waals surface area (Å²) in [5, 5.41) is 5.43. The number of alkyl halides is 3. The molecule has 43 heavy (non-hydrogen) atoms. The Morgan fingerprint density at radius 1 is 0.837 bits per heavy atom. The first-order chi connectivity index (χ1) is 20.4. The van der Waals surface area contributed by atoms with Gasteiger partial charge in [0.1, 0.15) is 17.0 Å². The summed E-state index contributed by atoms with van der Waals surface area (Å²) in [5.41, 5.74) is 2.26. The van der Waals surface area contributed by atoms with Crippen molar-refractivity contribution >= 4 is 17.7 Å². The van der Waals surface area contributed by atoms with Gasteiger partial charge in [0.05, 0.1) is 13.2 Å². The second kappa shape index (κ2) is 13.5. The fourth-order valence-corrected chi connectivity index (χ4v) is 4.04. The van der Waals surface area contributed by atoms with Gasteiger partial charge in [0, 0.05) is 30.2 Å². The molecule has 11 heteroatoms. The molecule has 0 aliphatic carbocycles. The largest absolute Gasteiger partial charge is 0.444 e. The van der Waals surface area contributed by atoms with Crippen molar-refractivity contribution in [3.8, 4) is 22.3 Å². The Morgan fingerprint density at radius 2 is 1.60 bits per heavy atom. The maximum atomic E-state index is 13.2. The van der Waals surface area contributed by atoms with E-state index in [0.29, 0.717) is 22.4 Å². The fourth-order valence-electron chi connectivity index (χ4n) is 4.04. The van der Waals surface area contributed by atoms with Gasteiger partial charge in [-0.05, 0) is 79.4 Å². The van der Waals surface area contributed by atoms with Gasteiger partial charge in [-0.3, -0.25) is 14.8 Å². The maximum Gasteiger partial charge on any atom is 0.433 e. The summed E-state index contributed by atoms with van der Waals surface area (Å²) in [7, 11) is 0. The summed E-state index contributed by atoms with van der Waals surface area (Å²) in [6, 6.07) is 20.3. The Morgan fingerprint density at radius 3 is 2.28 bits per heavy atom. The number of aromatic nitrogens is 2. The molecule has 2 aromatic carbocycles. The number of ether oxygens (including phenoxy) is 2. The normalized spacial score (nSPS) is 11.6. The van der Waals surface area contributed by atoms with Gasteiger partial charge in [-0.2, -0.15) is 13.2 Å². The van der Waals surface area contributed by atoms with Gasteiger partial charge >= 0.3 is 12.3 Å². The number of halogens is 3. The molecule has 0 spiro atoms. The summed E-state index contributed by atoms with van der Waals surface area (Å²) in [4.78, 5) is 32.8. The lowest BCUT2D eigenvalue weighted by atomic mass is 10.0. The lowest BCUT2D eigenvalue weighted by molar-refractivity contribution is -0.141. The van der Waals surface area contributed by atoms with E-state index in [2.05, 4.69) is 20.6 Å². The van der Waals surface area contributed by atoms with Crippen LogP contribution in [0.3, 0.4) is 0 Å². The van der Waals surface area contributed by atoms with Crippen molar-refractivity contribution < 1.29 is 32.2 Å². The van der Waals surface area contributed by atoms with E-state index < -0.39 is 29.5 Å². The first-order valence-corrected chi connectivity index (χ1v) is 13.4. The van der Waals surface area contributed by atoms with E-state index in [1.54, 1.807) is 57.3 Å². The molecule has 2 amide bonds. The van der Waals surface area contributed by atoms with Crippen molar-refractivity contribution in [3.63, 3.8) is 0 Å². The van der Waals surface area contributed by atoms with Crippen molar-refractivity contribution in [3.05, 3.63) is 102 Å². The zero-order valence-corrected chi connectivity index (χ0v) is 23.9. The fraction of sp³-hybridized carbons (Fsp3) is 0.250. The Hall–Kier alpha value is -4.77. The minimum atomic E-state index is -4.57. The molecule has 0 aliphatic rings. The molecule has 224 valence electrons. The van der Waals surface area contributed by atoms with Gasteiger partial charge in [0.15, 0.2) is 0 Å². The van der Waals surface area contributed by atoms with E-state index in [-0.39, 0.29) is 25.5 Å². The number of alkyl carbamates (subject to hydrolysis) is 1.